The van der Waals surface area contributed by atoms with Crippen LogP contribution in [0.2, 0.25) is 0 Å². The van der Waals surface area contributed by atoms with Gasteiger partial charge in [0.25, 0.3) is 0 Å². The van der Waals surface area contributed by atoms with Gasteiger partial charge in [0, 0.05) is 30.9 Å². The van der Waals surface area contributed by atoms with Crippen LogP contribution in [-0.2, 0) is 13.1 Å². The highest BCUT2D eigenvalue weighted by Gasteiger charge is 2.09. The fraction of sp³-hybridized carbons (Fsp3) is 0.235. The number of aromatic nitrogens is 2. The Kier molecular flexibility index (Phi) is 3.88. The van der Waals surface area contributed by atoms with Crippen molar-refractivity contribution in [2.75, 3.05) is 14.2 Å². The molecule has 2 heterocycles. The molecule has 2 aromatic heterocycles. The molecule has 1 aromatic carbocycles. The van der Waals surface area contributed by atoms with Gasteiger partial charge in [0.15, 0.2) is 0 Å². The third-order valence-electron chi connectivity index (χ3n) is 3.57. The Balaban J connectivity index is 1.99. The molecule has 0 unspecified atom stereocenters. The molecule has 0 spiro atoms. The Morgan fingerprint density at radius 3 is 2.95 bits per heavy atom. The van der Waals surface area contributed by atoms with Gasteiger partial charge in [-0.15, -0.1) is 0 Å². The van der Waals surface area contributed by atoms with Crippen LogP contribution in [0.15, 0.2) is 48.8 Å². The van der Waals surface area contributed by atoms with Crippen LogP contribution in [0.3, 0.4) is 0 Å². The number of nitrogens with one attached hydrogen (secondary N) is 1. The van der Waals surface area contributed by atoms with Crippen LogP contribution in [0.1, 0.15) is 11.1 Å². The summed E-state index contributed by atoms with van der Waals surface area (Å²) in [6.07, 6.45) is 4.02. The lowest BCUT2D eigenvalue weighted by Crippen LogP contribution is -2.04. The molecule has 108 valence electrons. The molecule has 3 rings (SSSR count). The molecule has 0 radical (unpaired) electrons. The first-order valence-electron chi connectivity index (χ1n) is 7.02. The molecule has 4 nitrogen and oxygen atoms in total. The van der Waals surface area contributed by atoms with Crippen LogP contribution in [-0.4, -0.2) is 23.7 Å². The quantitative estimate of drug-likeness (QED) is 0.781. The predicted molar refractivity (Wildman–Crippen MR) is 84.6 cm³/mol. The van der Waals surface area contributed by atoms with E-state index in [1.165, 1.54) is 16.5 Å². The van der Waals surface area contributed by atoms with Crippen LogP contribution >= 0.6 is 0 Å². The number of hydrogen-bond donors (Lipinski definition) is 1. The van der Waals surface area contributed by atoms with Gasteiger partial charge in [-0.1, -0.05) is 12.1 Å². The van der Waals surface area contributed by atoms with E-state index in [4.69, 9.17) is 4.74 Å². The van der Waals surface area contributed by atoms with Crippen molar-refractivity contribution in [3.63, 3.8) is 0 Å². The molecular formula is C17H19N3O. The van der Waals surface area contributed by atoms with Crippen molar-refractivity contribution >= 4 is 11.0 Å². The number of nitrogens with zero attached hydrogens (tertiary/aromatic N) is 2. The van der Waals surface area contributed by atoms with E-state index in [1.807, 2.05) is 31.4 Å². The van der Waals surface area contributed by atoms with Crippen molar-refractivity contribution < 1.29 is 4.74 Å². The van der Waals surface area contributed by atoms with E-state index in [0.717, 1.165) is 24.5 Å². The van der Waals surface area contributed by atoms with E-state index in [1.54, 1.807) is 7.11 Å². The van der Waals surface area contributed by atoms with Crippen LogP contribution in [0.25, 0.3) is 11.0 Å². The van der Waals surface area contributed by atoms with Crippen molar-refractivity contribution in [2.24, 2.45) is 0 Å². The molecule has 1 N–H and O–H groups in total. The zero-order valence-corrected chi connectivity index (χ0v) is 12.3. The Labute approximate surface area is 124 Å². The van der Waals surface area contributed by atoms with Gasteiger partial charge in [0.2, 0.25) is 0 Å². The molecular weight excluding hydrogens is 262 g/mol. The third-order valence-corrected chi connectivity index (χ3v) is 3.57. The zero-order valence-electron chi connectivity index (χ0n) is 12.3. The fourth-order valence-electron chi connectivity index (χ4n) is 2.61. The van der Waals surface area contributed by atoms with E-state index in [9.17, 15) is 0 Å². The summed E-state index contributed by atoms with van der Waals surface area (Å²) in [6, 6.07) is 12.2. The fourth-order valence-corrected chi connectivity index (χ4v) is 2.61. The maximum absolute atomic E-state index is 5.29. The molecule has 0 saturated heterocycles. The molecule has 0 saturated carbocycles. The summed E-state index contributed by atoms with van der Waals surface area (Å²) in [5, 5.41) is 4.41. The highest BCUT2D eigenvalue weighted by atomic mass is 16.5. The first kappa shape index (κ1) is 13.6. The Hall–Kier alpha value is -2.33. The average Bonchev–Trinajstić information content (AvgIpc) is 2.86. The Bertz CT molecular complexity index is 749. The summed E-state index contributed by atoms with van der Waals surface area (Å²) in [5.74, 6) is 0.882. The summed E-state index contributed by atoms with van der Waals surface area (Å²) in [4.78, 5) is 4.53. The first-order chi connectivity index (χ1) is 10.3. The summed E-state index contributed by atoms with van der Waals surface area (Å²) in [6.45, 7) is 1.63. The summed E-state index contributed by atoms with van der Waals surface area (Å²) < 4.78 is 7.48. The average molecular weight is 281 g/mol. The summed E-state index contributed by atoms with van der Waals surface area (Å²) in [7, 11) is 3.65. The van der Waals surface area contributed by atoms with Gasteiger partial charge >= 0.3 is 0 Å². The minimum absolute atomic E-state index is 0.786. The van der Waals surface area contributed by atoms with Crippen molar-refractivity contribution in [1.82, 2.24) is 14.9 Å². The highest BCUT2D eigenvalue weighted by molar-refractivity contribution is 5.80. The van der Waals surface area contributed by atoms with Crippen molar-refractivity contribution in [1.29, 1.82) is 0 Å². The Morgan fingerprint density at radius 2 is 2.14 bits per heavy atom. The number of rotatable bonds is 5. The van der Waals surface area contributed by atoms with Crippen molar-refractivity contribution in [3.05, 3.63) is 59.9 Å². The van der Waals surface area contributed by atoms with E-state index < -0.39 is 0 Å². The zero-order chi connectivity index (χ0) is 14.7. The van der Waals surface area contributed by atoms with Gasteiger partial charge in [-0.05, 0) is 42.4 Å². The van der Waals surface area contributed by atoms with E-state index in [2.05, 4.69) is 39.3 Å². The standard InChI is InChI=1S/C17H19N3O/c1-18-10-14-12-20(17-16(14)7-4-8-19-17)11-13-5-3-6-15(9-13)21-2/h3-9,12,18H,10-11H2,1-2H3. The number of fused-ring (bicyclic) bond motifs is 1. The lowest BCUT2D eigenvalue weighted by Gasteiger charge is -2.06. The van der Waals surface area contributed by atoms with Gasteiger partial charge in [-0.25, -0.2) is 4.98 Å². The van der Waals surface area contributed by atoms with Crippen LogP contribution in [0, 0.1) is 0 Å². The van der Waals surface area contributed by atoms with Gasteiger partial charge in [-0.2, -0.15) is 0 Å². The highest BCUT2D eigenvalue weighted by Crippen LogP contribution is 2.21. The number of pyridine rings is 1. The minimum atomic E-state index is 0.786. The lowest BCUT2D eigenvalue weighted by molar-refractivity contribution is 0.414. The summed E-state index contributed by atoms with van der Waals surface area (Å²) in [5.41, 5.74) is 3.49. The topological polar surface area (TPSA) is 39.1 Å². The number of hydrogen-bond acceptors (Lipinski definition) is 3. The molecule has 0 atom stereocenters. The van der Waals surface area contributed by atoms with E-state index >= 15 is 0 Å². The predicted octanol–water partition coefficient (Wildman–Crippen LogP) is 2.81. The normalized spacial score (nSPS) is 11.0. The number of ether oxygens (including phenoxy) is 1. The van der Waals surface area contributed by atoms with Crippen LogP contribution in [0.4, 0.5) is 0 Å². The second-order valence-corrected chi connectivity index (χ2v) is 5.04. The second kappa shape index (κ2) is 5.97. The molecule has 0 aliphatic carbocycles. The van der Waals surface area contributed by atoms with Crippen molar-refractivity contribution in [2.45, 2.75) is 13.1 Å². The molecule has 0 amide bonds. The van der Waals surface area contributed by atoms with Crippen molar-refractivity contribution in [3.8, 4) is 5.75 Å². The van der Waals surface area contributed by atoms with Crippen LogP contribution in [0.5, 0.6) is 5.75 Å². The minimum Gasteiger partial charge on any atom is -0.497 e. The van der Waals surface area contributed by atoms with Gasteiger partial charge in [-0.3, -0.25) is 0 Å². The maximum atomic E-state index is 5.29. The molecule has 4 heteroatoms. The lowest BCUT2D eigenvalue weighted by atomic mass is 10.2. The van der Waals surface area contributed by atoms with E-state index in [0.29, 0.717) is 0 Å². The summed E-state index contributed by atoms with van der Waals surface area (Å²) >= 11 is 0. The SMILES string of the molecule is CNCc1cn(Cc2cccc(OC)c2)c2ncccc12. The largest absolute Gasteiger partial charge is 0.497 e. The first-order valence-corrected chi connectivity index (χ1v) is 7.02. The maximum Gasteiger partial charge on any atom is 0.140 e. The second-order valence-electron chi connectivity index (χ2n) is 5.04. The van der Waals surface area contributed by atoms with Gasteiger partial charge in [0.05, 0.1) is 7.11 Å². The Morgan fingerprint density at radius 1 is 1.24 bits per heavy atom. The molecule has 0 fully saturated rings. The van der Waals surface area contributed by atoms with Crippen LogP contribution < -0.4 is 10.1 Å². The molecule has 0 aliphatic heterocycles. The van der Waals surface area contributed by atoms with Gasteiger partial charge in [0.1, 0.15) is 11.4 Å². The monoisotopic (exact) mass is 281 g/mol. The molecule has 0 aliphatic rings. The number of benzene rings is 1. The van der Waals surface area contributed by atoms with E-state index in [-0.39, 0.29) is 0 Å². The number of methoxy groups -OCH3 is 1. The molecule has 0 bridgehead atoms. The molecule has 3 aromatic rings. The van der Waals surface area contributed by atoms with Gasteiger partial charge < -0.3 is 14.6 Å². The third kappa shape index (κ3) is 2.76. The molecule has 21 heavy (non-hydrogen) atoms. The smallest absolute Gasteiger partial charge is 0.140 e.